The summed E-state index contributed by atoms with van der Waals surface area (Å²) in [4.78, 5) is 4.75. The molecule has 0 saturated carbocycles. The van der Waals surface area contributed by atoms with Crippen molar-refractivity contribution in [3.05, 3.63) is 65.0 Å². The van der Waals surface area contributed by atoms with E-state index in [1.54, 1.807) is 36.4 Å². The summed E-state index contributed by atoms with van der Waals surface area (Å²) in [6.07, 6.45) is 3.35. The molecule has 29 heavy (non-hydrogen) atoms. The van der Waals surface area contributed by atoms with Gasteiger partial charge >= 0.3 is 0 Å². The van der Waals surface area contributed by atoms with Crippen LogP contribution in [0, 0.1) is 0 Å². The van der Waals surface area contributed by atoms with Gasteiger partial charge in [0.25, 0.3) is 0 Å². The van der Waals surface area contributed by atoms with Crippen molar-refractivity contribution < 1.29 is 12.9 Å². The van der Waals surface area contributed by atoms with Gasteiger partial charge in [0.15, 0.2) is 0 Å². The van der Waals surface area contributed by atoms with Crippen molar-refractivity contribution in [2.24, 2.45) is 0 Å². The topological polar surface area (TPSA) is 76.3 Å². The molecule has 2 heterocycles. The van der Waals surface area contributed by atoms with Crippen molar-refractivity contribution in [3.8, 4) is 11.4 Å². The van der Waals surface area contributed by atoms with Crippen molar-refractivity contribution in [2.45, 2.75) is 43.5 Å². The zero-order chi connectivity index (χ0) is 20.4. The molecule has 1 aliphatic rings. The first-order valence-electron chi connectivity index (χ1n) is 9.69. The Balaban J connectivity index is 1.59. The maximum absolute atomic E-state index is 13.2. The monoisotopic (exact) mass is 431 g/mol. The Morgan fingerprint density at radius 3 is 2.55 bits per heavy atom. The average Bonchev–Trinajstić information content (AvgIpc) is 3.39. The van der Waals surface area contributed by atoms with Crippen molar-refractivity contribution in [3.63, 3.8) is 0 Å². The average molecular weight is 432 g/mol. The van der Waals surface area contributed by atoms with Gasteiger partial charge < -0.3 is 4.52 Å². The SMILES string of the molecule is CCCc1ccc(S(=O)(=O)N2CCC[C@@H]2c2nc(-c3ccc(Cl)cc3)no2)cc1. The number of hydrogen-bond donors (Lipinski definition) is 0. The van der Waals surface area contributed by atoms with Crippen LogP contribution in [0.25, 0.3) is 11.4 Å². The molecule has 8 heteroatoms. The number of benzene rings is 2. The van der Waals surface area contributed by atoms with E-state index in [1.807, 2.05) is 12.1 Å². The third-order valence-corrected chi connectivity index (χ3v) is 7.28. The van der Waals surface area contributed by atoms with Crippen LogP contribution in [0.1, 0.15) is 43.7 Å². The molecule has 4 rings (SSSR count). The standard InChI is InChI=1S/C21H22ClN3O3S/c1-2-4-15-6-12-18(13-7-15)29(26,27)25-14-3-5-19(25)21-23-20(24-28-21)16-8-10-17(22)11-9-16/h6-13,19H,2-5,14H2,1H3/t19-/m1/s1. The molecule has 0 aliphatic carbocycles. The highest BCUT2D eigenvalue weighted by Crippen LogP contribution is 2.36. The molecule has 1 aromatic heterocycles. The Labute approximate surface area is 175 Å². The van der Waals surface area contributed by atoms with Gasteiger partial charge in [-0.3, -0.25) is 0 Å². The third-order valence-electron chi connectivity index (χ3n) is 5.10. The Hall–Kier alpha value is -2.22. The highest BCUT2D eigenvalue weighted by molar-refractivity contribution is 7.89. The number of nitrogens with zero attached hydrogens (tertiary/aromatic N) is 3. The second-order valence-corrected chi connectivity index (χ2v) is 9.46. The van der Waals surface area contributed by atoms with Gasteiger partial charge in [-0.15, -0.1) is 0 Å². The van der Waals surface area contributed by atoms with Crippen LogP contribution in [0.3, 0.4) is 0 Å². The lowest BCUT2D eigenvalue weighted by molar-refractivity contribution is 0.290. The van der Waals surface area contributed by atoms with E-state index in [9.17, 15) is 8.42 Å². The van der Waals surface area contributed by atoms with E-state index < -0.39 is 16.1 Å². The van der Waals surface area contributed by atoms with Gasteiger partial charge in [-0.1, -0.05) is 42.2 Å². The lowest BCUT2D eigenvalue weighted by Crippen LogP contribution is -2.30. The summed E-state index contributed by atoms with van der Waals surface area (Å²) in [5.41, 5.74) is 1.90. The van der Waals surface area contributed by atoms with E-state index in [4.69, 9.17) is 16.1 Å². The molecule has 3 aromatic rings. The predicted octanol–water partition coefficient (Wildman–Crippen LogP) is 4.87. The summed E-state index contributed by atoms with van der Waals surface area (Å²) in [6.45, 7) is 2.53. The zero-order valence-electron chi connectivity index (χ0n) is 16.1. The molecule has 1 fully saturated rings. The van der Waals surface area contributed by atoms with E-state index in [2.05, 4.69) is 17.1 Å². The lowest BCUT2D eigenvalue weighted by Gasteiger charge is -2.21. The molecule has 6 nitrogen and oxygen atoms in total. The smallest absolute Gasteiger partial charge is 0.245 e. The number of aryl methyl sites for hydroxylation is 1. The summed E-state index contributed by atoms with van der Waals surface area (Å²) >= 11 is 5.93. The molecule has 0 bridgehead atoms. The van der Waals surface area contributed by atoms with Crippen molar-refractivity contribution in [1.82, 2.24) is 14.4 Å². The maximum atomic E-state index is 13.2. The molecule has 1 atom stereocenters. The molecule has 2 aromatic carbocycles. The Kier molecular flexibility index (Phi) is 5.72. The Morgan fingerprint density at radius 1 is 1.14 bits per heavy atom. The van der Waals surface area contributed by atoms with Crippen molar-refractivity contribution in [1.29, 1.82) is 0 Å². The van der Waals surface area contributed by atoms with Gasteiger partial charge in [-0.25, -0.2) is 8.42 Å². The number of aromatic nitrogens is 2. The Bertz CT molecular complexity index is 1080. The molecule has 0 unspecified atom stereocenters. The molecule has 0 amide bonds. The molecular formula is C21H22ClN3O3S. The second kappa shape index (κ2) is 8.26. The quantitative estimate of drug-likeness (QED) is 0.556. The number of sulfonamides is 1. The first-order valence-corrected chi connectivity index (χ1v) is 11.5. The summed E-state index contributed by atoms with van der Waals surface area (Å²) < 4.78 is 33.4. The van der Waals surface area contributed by atoms with Crippen LogP contribution in [0.2, 0.25) is 5.02 Å². The molecule has 0 N–H and O–H groups in total. The molecule has 152 valence electrons. The van der Waals surface area contributed by atoms with Crippen LogP contribution in [0.15, 0.2) is 57.9 Å². The van der Waals surface area contributed by atoms with Crippen LogP contribution in [-0.4, -0.2) is 29.4 Å². The van der Waals surface area contributed by atoms with Crippen molar-refractivity contribution >= 4 is 21.6 Å². The van der Waals surface area contributed by atoms with Crippen LogP contribution in [-0.2, 0) is 16.4 Å². The maximum Gasteiger partial charge on any atom is 0.245 e. The molecule has 0 radical (unpaired) electrons. The number of rotatable bonds is 6. The largest absolute Gasteiger partial charge is 0.337 e. The van der Waals surface area contributed by atoms with Gasteiger partial charge in [-0.05, 0) is 61.2 Å². The van der Waals surface area contributed by atoms with E-state index >= 15 is 0 Å². The Morgan fingerprint density at radius 2 is 1.86 bits per heavy atom. The van der Waals surface area contributed by atoms with Crippen LogP contribution in [0.5, 0.6) is 0 Å². The fourth-order valence-electron chi connectivity index (χ4n) is 3.61. The summed E-state index contributed by atoms with van der Waals surface area (Å²) in [5.74, 6) is 0.739. The highest BCUT2D eigenvalue weighted by atomic mass is 35.5. The minimum absolute atomic E-state index is 0.293. The van der Waals surface area contributed by atoms with Gasteiger partial charge in [0.1, 0.15) is 6.04 Å². The van der Waals surface area contributed by atoms with Crippen LogP contribution >= 0.6 is 11.6 Å². The normalized spacial score (nSPS) is 17.7. The van der Waals surface area contributed by atoms with Crippen molar-refractivity contribution in [2.75, 3.05) is 6.54 Å². The number of hydrogen-bond acceptors (Lipinski definition) is 5. The summed E-state index contributed by atoms with van der Waals surface area (Å²) in [6, 6.07) is 13.8. The first kappa shape index (κ1) is 20.1. The zero-order valence-corrected chi connectivity index (χ0v) is 17.7. The van der Waals surface area contributed by atoms with E-state index in [-0.39, 0.29) is 0 Å². The van der Waals surface area contributed by atoms with Crippen LogP contribution in [0.4, 0.5) is 0 Å². The van der Waals surface area contributed by atoms with Gasteiger partial charge in [0.2, 0.25) is 21.7 Å². The molecular weight excluding hydrogens is 410 g/mol. The third kappa shape index (κ3) is 4.08. The summed E-state index contributed by atoms with van der Waals surface area (Å²) in [5, 5.41) is 4.65. The summed E-state index contributed by atoms with van der Waals surface area (Å²) in [7, 11) is -3.64. The highest BCUT2D eigenvalue weighted by Gasteiger charge is 2.39. The fraction of sp³-hybridized carbons (Fsp3) is 0.333. The van der Waals surface area contributed by atoms with E-state index in [0.29, 0.717) is 34.6 Å². The van der Waals surface area contributed by atoms with E-state index in [0.717, 1.165) is 30.4 Å². The molecule has 1 aliphatic heterocycles. The van der Waals surface area contributed by atoms with Gasteiger partial charge in [0.05, 0.1) is 4.90 Å². The van der Waals surface area contributed by atoms with Gasteiger partial charge in [0, 0.05) is 17.1 Å². The second-order valence-electron chi connectivity index (χ2n) is 7.13. The lowest BCUT2D eigenvalue weighted by atomic mass is 10.1. The molecule has 0 spiro atoms. The van der Waals surface area contributed by atoms with Crippen LogP contribution < -0.4 is 0 Å². The van der Waals surface area contributed by atoms with E-state index in [1.165, 1.54) is 4.31 Å². The van der Waals surface area contributed by atoms with Gasteiger partial charge in [-0.2, -0.15) is 9.29 Å². The number of halogens is 1. The minimum atomic E-state index is -3.64. The minimum Gasteiger partial charge on any atom is -0.337 e. The first-order chi connectivity index (χ1) is 14.0. The molecule has 1 saturated heterocycles. The fourth-order valence-corrected chi connectivity index (χ4v) is 5.39. The predicted molar refractivity (Wildman–Crippen MR) is 111 cm³/mol.